The predicted molar refractivity (Wildman–Crippen MR) is 48.7 cm³/mol. The molecule has 2 N–H and O–H groups in total. The third kappa shape index (κ3) is 3.32. The Balaban J connectivity index is 2.31. The first-order valence-electron chi connectivity index (χ1n) is 4.80. The molecule has 0 aromatic rings. The van der Waals surface area contributed by atoms with Crippen LogP contribution in [0.15, 0.2) is 0 Å². The smallest absolute Gasteiger partial charge is 0.320 e. The van der Waals surface area contributed by atoms with Gasteiger partial charge in [0.2, 0.25) is 0 Å². The number of nitrogens with one attached hydrogen (secondary N) is 1. The maximum Gasteiger partial charge on any atom is 0.320 e. The maximum absolute atomic E-state index is 10.7. The zero-order chi connectivity index (χ0) is 9.68. The Labute approximate surface area is 78.3 Å². The number of carbonyl (C=O) groups is 1. The molecule has 1 saturated heterocycles. The fraction of sp³-hybridized carbons (Fsp3) is 0.889. The van der Waals surface area contributed by atoms with Crippen LogP contribution in [0.4, 0.5) is 0 Å². The van der Waals surface area contributed by atoms with E-state index in [2.05, 4.69) is 5.32 Å². The van der Waals surface area contributed by atoms with Gasteiger partial charge < -0.3 is 15.2 Å². The molecule has 1 aliphatic rings. The SMILES string of the molecule is CCC(NC1CCOCC1)C(=O)O. The van der Waals surface area contributed by atoms with Crippen molar-refractivity contribution in [3.8, 4) is 0 Å². The van der Waals surface area contributed by atoms with Crippen molar-refractivity contribution in [2.45, 2.75) is 38.3 Å². The number of carboxylic acids is 1. The van der Waals surface area contributed by atoms with Crippen molar-refractivity contribution in [1.82, 2.24) is 5.32 Å². The third-order valence-electron chi connectivity index (χ3n) is 2.36. The maximum atomic E-state index is 10.7. The van der Waals surface area contributed by atoms with Gasteiger partial charge in [0, 0.05) is 19.3 Å². The largest absolute Gasteiger partial charge is 0.480 e. The van der Waals surface area contributed by atoms with Crippen LogP contribution in [0.1, 0.15) is 26.2 Å². The average molecular weight is 187 g/mol. The van der Waals surface area contributed by atoms with E-state index >= 15 is 0 Å². The summed E-state index contributed by atoms with van der Waals surface area (Å²) in [5.41, 5.74) is 0. The van der Waals surface area contributed by atoms with Crippen molar-refractivity contribution in [2.24, 2.45) is 0 Å². The van der Waals surface area contributed by atoms with Gasteiger partial charge in [-0.05, 0) is 19.3 Å². The normalized spacial score (nSPS) is 21.3. The first-order chi connectivity index (χ1) is 6.24. The summed E-state index contributed by atoms with van der Waals surface area (Å²) in [7, 11) is 0. The fourth-order valence-electron chi connectivity index (χ4n) is 1.51. The summed E-state index contributed by atoms with van der Waals surface area (Å²) in [6.45, 7) is 3.37. The Morgan fingerprint density at radius 3 is 2.69 bits per heavy atom. The van der Waals surface area contributed by atoms with Gasteiger partial charge in [-0.25, -0.2) is 0 Å². The minimum Gasteiger partial charge on any atom is -0.480 e. The molecule has 0 saturated carbocycles. The van der Waals surface area contributed by atoms with Crippen LogP contribution in [0, 0.1) is 0 Å². The summed E-state index contributed by atoms with van der Waals surface area (Å²) >= 11 is 0. The lowest BCUT2D eigenvalue weighted by atomic mass is 10.1. The molecule has 0 aromatic heterocycles. The predicted octanol–water partition coefficient (Wildman–Crippen LogP) is 0.618. The molecule has 13 heavy (non-hydrogen) atoms. The summed E-state index contributed by atoms with van der Waals surface area (Å²) in [6.07, 6.45) is 2.47. The van der Waals surface area contributed by atoms with Gasteiger partial charge in [-0.15, -0.1) is 0 Å². The van der Waals surface area contributed by atoms with E-state index in [9.17, 15) is 4.79 Å². The van der Waals surface area contributed by atoms with Crippen LogP contribution >= 0.6 is 0 Å². The summed E-state index contributed by atoms with van der Waals surface area (Å²) in [5, 5.41) is 11.9. The van der Waals surface area contributed by atoms with E-state index < -0.39 is 12.0 Å². The molecule has 0 amide bonds. The minimum atomic E-state index is -0.756. The van der Waals surface area contributed by atoms with Gasteiger partial charge in [-0.1, -0.05) is 6.92 Å². The molecule has 4 heteroatoms. The van der Waals surface area contributed by atoms with E-state index in [0.717, 1.165) is 26.1 Å². The van der Waals surface area contributed by atoms with Crippen LogP contribution in [0.25, 0.3) is 0 Å². The van der Waals surface area contributed by atoms with Crippen molar-refractivity contribution in [3.63, 3.8) is 0 Å². The molecule has 0 bridgehead atoms. The van der Waals surface area contributed by atoms with Crippen molar-refractivity contribution in [1.29, 1.82) is 0 Å². The van der Waals surface area contributed by atoms with Crippen LogP contribution in [-0.4, -0.2) is 36.4 Å². The number of rotatable bonds is 4. The molecule has 4 nitrogen and oxygen atoms in total. The van der Waals surface area contributed by atoms with Crippen LogP contribution < -0.4 is 5.32 Å². The molecule has 1 aliphatic heterocycles. The summed E-state index contributed by atoms with van der Waals surface area (Å²) in [4.78, 5) is 10.7. The van der Waals surface area contributed by atoms with E-state index in [4.69, 9.17) is 9.84 Å². The molecule has 0 spiro atoms. The minimum absolute atomic E-state index is 0.315. The molecule has 1 fully saturated rings. The second-order valence-electron chi connectivity index (χ2n) is 3.35. The molecule has 76 valence electrons. The highest BCUT2D eigenvalue weighted by Gasteiger charge is 2.21. The van der Waals surface area contributed by atoms with Crippen molar-refractivity contribution < 1.29 is 14.6 Å². The highest BCUT2D eigenvalue weighted by Crippen LogP contribution is 2.08. The van der Waals surface area contributed by atoms with Gasteiger partial charge >= 0.3 is 5.97 Å². The highest BCUT2D eigenvalue weighted by molar-refractivity contribution is 5.73. The van der Waals surface area contributed by atoms with Crippen LogP contribution in [0.2, 0.25) is 0 Å². The standard InChI is InChI=1S/C9H17NO3/c1-2-8(9(11)12)10-7-3-5-13-6-4-7/h7-8,10H,2-6H2,1H3,(H,11,12). The second kappa shape index (κ2) is 5.19. The van der Waals surface area contributed by atoms with Crippen molar-refractivity contribution >= 4 is 5.97 Å². The lowest BCUT2D eigenvalue weighted by molar-refractivity contribution is -0.140. The third-order valence-corrected chi connectivity index (χ3v) is 2.36. The number of hydrogen-bond acceptors (Lipinski definition) is 3. The van der Waals surface area contributed by atoms with Crippen LogP contribution in [0.3, 0.4) is 0 Å². The highest BCUT2D eigenvalue weighted by atomic mass is 16.5. The number of aliphatic carboxylic acids is 1. The van der Waals surface area contributed by atoms with E-state index in [1.807, 2.05) is 6.92 Å². The van der Waals surface area contributed by atoms with Crippen LogP contribution in [-0.2, 0) is 9.53 Å². The summed E-state index contributed by atoms with van der Waals surface area (Å²) in [6, 6.07) is -0.0853. The van der Waals surface area contributed by atoms with E-state index in [1.165, 1.54) is 0 Å². The number of hydrogen-bond donors (Lipinski definition) is 2. The second-order valence-corrected chi connectivity index (χ2v) is 3.35. The Morgan fingerprint density at radius 2 is 2.23 bits per heavy atom. The number of ether oxygens (including phenoxy) is 1. The molecule has 1 rings (SSSR count). The topological polar surface area (TPSA) is 58.6 Å². The fourth-order valence-corrected chi connectivity index (χ4v) is 1.51. The van der Waals surface area contributed by atoms with E-state index in [-0.39, 0.29) is 0 Å². The Kier molecular flexibility index (Phi) is 4.18. The zero-order valence-corrected chi connectivity index (χ0v) is 7.95. The first kappa shape index (κ1) is 10.5. The van der Waals surface area contributed by atoms with Gasteiger partial charge in [0.15, 0.2) is 0 Å². The van der Waals surface area contributed by atoms with Gasteiger partial charge in [0.25, 0.3) is 0 Å². The molecule has 0 aromatic carbocycles. The molecular weight excluding hydrogens is 170 g/mol. The monoisotopic (exact) mass is 187 g/mol. The molecule has 1 unspecified atom stereocenters. The molecule has 0 radical (unpaired) electrons. The summed E-state index contributed by atoms with van der Waals surface area (Å²) < 4.78 is 5.19. The average Bonchev–Trinajstić information content (AvgIpc) is 2.15. The number of carboxylic acid groups (broad SMARTS) is 1. The Hall–Kier alpha value is -0.610. The molecule has 1 heterocycles. The quantitative estimate of drug-likeness (QED) is 0.677. The molecule has 0 aliphatic carbocycles. The Bertz CT molecular complexity index is 166. The van der Waals surface area contributed by atoms with E-state index in [1.54, 1.807) is 0 Å². The zero-order valence-electron chi connectivity index (χ0n) is 7.95. The van der Waals surface area contributed by atoms with Gasteiger partial charge in [0.1, 0.15) is 6.04 Å². The molecule has 1 atom stereocenters. The van der Waals surface area contributed by atoms with Crippen LogP contribution in [0.5, 0.6) is 0 Å². The Morgan fingerprint density at radius 1 is 1.62 bits per heavy atom. The first-order valence-corrected chi connectivity index (χ1v) is 4.80. The lowest BCUT2D eigenvalue weighted by Gasteiger charge is -2.26. The molecular formula is C9H17NO3. The van der Waals surface area contributed by atoms with Crippen molar-refractivity contribution in [3.05, 3.63) is 0 Å². The van der Waals surface area contributed by atoms with Gasteiger partial charge in [-0.3, -0.25) is 4.79 Å². The summed E-state index contributed by atoms with van der Waals surface area (Å²) in [5.74, 6) is -0.756. The van der Waals surface area contributed by atoms with Gasteiger partial charge in [-0.2, -0.15) is 0 Å². The van der Waals surface area contributed by atoms with E-state index in [0.29, 0.717) is 12.5 Å². The van der Waals surface area contributed by atoms with Crippen molar-refractivity contribution in [2.75, 3.05) is 13.2 Å². The lowest BCUT2D eigenvalue weighted by Crippen LogP contribution is -2.45. The van der Waals surface area contributed by atoms with Gasteiger partial charge in [0.05, 0.1) is 0 Å².